The zero-order valence-corrected chi connectivity index (χ0v) is 12.3. The number of hydrogen-bond donors (Lipinski definition) is 2. The molecule has 1 aromatic rings. The molecule has 2 aliphatic rings. The minimum Gasteiger partial charge on any atom is -0.357 e. The molecule has 19 heavy (non-hydrogen) atoms. The standard InChI is InChI=1S/C15H23N3S/c19-14-1-2-15(17-11-14)18-9-5-13(6-10-18)12-3-7-16-8-4-12/h1-2,11-13,16,19H,3-10H2. The average Bonchev–Trinajstić information content (AvgIpc) is 2.49. The van der Waals surface area contributed by atoms with E-state index in [9.17, 15) is 0 Å². The molecule has 2 fully saturated rings. The number of anilines is 1. The van der Waals surface area contributed by atoms with E-state index in [1.807, 2.05) is 12.3 Å². The first kappa shape index (κ1) is 13.3. The quantitative estimate of drug-likeness (QED) is 0.814. The molecule has 0 amide bonds. The molecule has 0 bridgehead atoms. The van der Waals surface area contributed by atoms with Crippen molar-refractivity contribution >= 4 is 18.4 Å². The maximum atomic E-state index is 4.48. The average molecular weight is 277 g/mol. The van der Waals surface area contributed by atoms with Crippen molar-refractivity contribution in [1.29, 1.82) is 0 Å². The van der Waals surface area contributed by atoms with Gasteiger partial charge in [0.2, 0.25) is 0 Å². The molecule has 1 aromatic heterocycles. The van der Waals surface area contributed by atoms with Crippen molar-refractivity contribution in [3.05, 3.63) is 18.3 Å². The van der Waals surface area contributed by atoms with Gasteiger partial charge in [0.1, 0.15) is 5.82 Å². The Balaban J connectivity index is 1.55. The van der Waals surface area contributed by atoms with Crippen molar-refractivity contribution in [2.45, 2.75) is 30.6 Å². The molecule has 2 saturated heterocycles. The summed E-state index contributed by atoms with van der Waals surface area (Å²) < 4.78 is 0. The van der Waals surface area contributed by atoms with Crippen LogP contribution >= 0.6 is 12.6 Å². The molecular formula is C15H23N3S. The van der Waals surface area contributed by atoms with Gasteiger partial charge in [0.05, 0.1) is 0 Å². The number of pyridine rings is 1. The highest BCUT2D eigenvalue weighted by Crippen LogP contribution is 2.32. The van der Waals surface area contributed by atoms with Crippen LogP contribution in [0.15, 0.2) is 23.2 Å². The van der Waals surface area contributed by atoms with Crippen molar-refractivity contribution in [2.75, 3.05) is 31.1 Å². The molecule has 3 nitrogen and oxygen atoms in total. The molecule has 0 radical (unpaired) electrons. The minimum absolute atomic E-state index is 0.933. The fraction of sp³-hybridized carbons (Fsp3) is 0.667. The van der Waals surface area contributed by atoms with Crippen molar-refractivity contribution < 1.29 is 0 Å². The lowest BCUT2D eigenvalue weighted by Gasteiger charge is -2.38. The fourth-order valence-electron chi connectivity index (χ4n) is 3.48. The van der Waals surface area contributed by atoms with E-state index in [4.69, 9.17) is 0 Å². The summed E-state index contributed by atoms with van der Waals surface area (Å²) in [6.07, 6.45) is 7.25. The molecule has 4 heteroatoms. The molecule has 2 aliphatic heterocycles. The maximum absolute atomic E-state index is 4.48. The summed E-state index contributed by atoms with van der Waals surface area (Å²) in [6.45, 7) is 4.76. The topological polar surface area (TPSA) is 28.2 Å². The van der Waals surface area contributed by atoms with Crippen LogP contribution in [0, 0.1) is 11.8 Å². The van der Waals surface area contributed by atoms with Crippen LogP contribution in [0.2, 0.25) is 0 Å². The molecule has 0 aliphatic carbocycles. The van der Waals surface area contributed by atoms with Crippen LogP contribution in [0.5, 0.6) is 0 Å². The van der Waals surface area contributed by atoms with Crippen molar-refractivity contribution in [1.82, 2.24) is 10.3 Å². The number of nitrogens with one attached hydrogen (secondary N) is 1. The van der Waals surface area contributed by atoms with Crippen molar-refractivity contribution in [2.24, 2.45) is 11.8 Å². The summed E-state index contributed by atoms with van der Waals surface area (Å²) in [4.78, 5) is 7.84. The van der Waals surface area contributed by atoms with Gasteiger partial charge in [-0.25, -0.2) is 4.98 Å². The van der Waals surface area contributed by atoms with Gasteiger partial charge < -0.3 is 10.2 Å². The minimum atomic E-state index is 0.933. The summed E-state index contributed by atoms with van der Waals surface area (Å²) in [6, 6.07) is 4.12. The van der Waals surface area contributed by atoms with Gasteiger partial charge in [-0.15, -0.1) is 12.6 Å². The molecule has 0 spiro atoms. The Morgan fingerprint density at radius 3 is 2.37 bits per heavy atom. The van der Waals surface area contributed by atoms with Gasteiger partial charge in [0, 0.05) is 24.2 Å². The van der Waals surface area contributed by atoms with Gasteiger partial charge in [-0.3, -0.25) is 0 Å². The lowest BCUT2D eigenvalue weighted by molar-refractivity contribution is 0.221. The van der Waals surface area contributed by atoms with E-state index in [2.05, 4.69) is 33.9 Å². The lowest BCUT2D eigenvalue weighted by Crippen LogP contribution is -2.39. The first-order chi connectivity index (χ1) is 9.33. The van der Waals surface area contributed by atoms with E-state index >= 15 is 0 Å². The highest BCUT2D eigenvalue weighted by molar-refractivity contribution is 7.80. The van der Waals surface area contributed by atoms with E-state index in [0.717, 1.165) is 35.6 Å². The highest BCUT2D eigenvalue weighted by atomic mass is 32.1. The van der Waals surface area contributed by atoms with Gasteiger partial charge in [0.25, 0.3) is 0 Å². The predicted molar refractivity (Wildman–Crippen MR) is 82.0 cm³/mol. The SMILES string of the molecule is Sc1ccc(N2CCC(C3CCNCC3)CC2)nc1. The monoisotopic (exact) mass is 277 g/mol. The number of piperidine rings is 2. The number of thiol groups is 1. The predicted octanol–water partition coefficient (Wildman–Crippen LogP) is 2.59. The van der Waals surface area contributed by atoms with Crippen LogP contribution in [0.3, 0.4) is 0 Å². The van der Waals surface area contributed by atoms with E-state index in [1.165, 1.54) is 38.8 Å². The van der Waals surface area contributed by atoms with E-state index < -0.39 is 0 Å². The second-order valence-electron chi connectivity index (χ2n) is 5.79. The largest absolute Gasteiger partial charge is 0.357 e. The molecule has 104 valence electrons. The normalized spacial score (nSPS) is 22.7. The second-order valence-corrected chi connectivity index (χ2v) is 6.30. The van der Waals surface area contributed by atoms with Crippen LogP contribution < -0.4 is 10.2 Å². The number of nitrogens with zero attached hydrogens (tertiary/aromatic N) is 2. The molecule has 3 heterocycles. The van der Waals surface area contributed by atoms with Crippen molar-refractivity contribution in [3.8, 4) is 0 Å². The third-order valence-corrected chi connectivity index (χ3v) is 4.91. The highest BCUT2D eigenvalue weighted by Gasteiger charge is 2.27. The van der Waals surface area contributed by atoms with E-state index in [0.29, 0.717) is 0 Å². The number of aromatic nitrogens is 1. The van der Waals surface area contributed by atoms with Gasteiger partial charge in [0.15, 0.2) is 0 Å². The number of rotatable bonds is 2. The Morgan fingerprint density at radius 1 is 1.05 bits per heavy atom. The summed E-state index contributed by atoms with van der Waals surface area (Å²) in [5.74, 6) is 3.00. The smallest absolute Gasteiger partial charge is 0.128 e. The summed E-state index contributed by atoms with van der Waals surface area (Å²) in [5, 5.41) is 3.47. The fourth-order valence-corrected chi connectivity index (χ4v) is 3.61. The molecule has 3 rings (SSSR count). The molecule has 0 unspecified atom stereocenters. The second kappa shape index (κ2) is 6.14. The summed E-state index contributed by atoms with van der Waals surface area (Å²) in [7, 11) is 0. The molecule has 0 saturated carbocycles. The number of hydrogen-bond acceptors (Lipinski definition) is 4. The Labute approximate surface area is 121 Å². The first-order valence-corrected chi connectivity index (χ1v) is 7.88. The zero-order chi connectivity index (χ0) is 13.1. The molecule has 0 aromatic carbocycles. The van der Waals surface area contributed by atoms with Crippen LogP contribution in [0.4, 0.5) is 5.82 Å². The zero-order valence-electron chi connectivity index (χ0n) is 11.4. The molecular weight excluding hydrogens is 254 g/mol. The van der Waals surface area contributed by atoms with Gasteiger partial charge in [-0.1, -0.05) is 0 Å². The maximum Gasteiger partial charge on any atom is 0.128 e. The van der Waals surface area contributed by atoms with Gasteiger partial charge in [-0.05, 0) is 62.7 Å². The Kier molecular flexibility index (Phi) is 4.28. The third-order valence-electron chi connectivity index (χ3n) is 4.65. The Bertz CT molecular complexity index is 392. The van der Waals surface area contributed by atoms with Gasteiger partial charge >= 0.3 is 0 Å². The Hall–Kier alpha value is -0.740. The van der Waals surface area contributed by atoms with Crippen LogP contribution in [0.1, 0.15) is 25.7 Å². The third kappa shape index (κ3) is 3.23. The first-order valence-electron chi connectivity index (χ1n) is 7.43. The van der Waals surface area contributed by atoms with E-state index in [1.54, 1.807) is 0 Å². The summed E-state index contributed by atoms with van der Waals surface area (Å²) in [5.41, 5.74) is 0. The van der Waals surface area contributed by atoms with Crippen LogP contribution in [-0.2, 0) is 0 Å². The van der Waals surface area contributed by atoms with Crippen LogP contribution in [0.25, 0.3) is 0 Å². The van der Waals surface area contributed by atoms with Crippen molar-refractivity contribution in [3.63, 3.8) is 0 Å². The summed E-state index contributed by atoms with van der Waals surface area (Å²) >= 11 is 4.29. The lowest BCUT2D eigenvalue weighted by atomic mass is 9.79. The van der Waals surface area contributed by atoms with Gasteiger partial charge in [-0.2, -0.15) is 0 Å². The Morgan fingerprint density at radius 2 is 1.74 bits per heavy atom. The molecule has 0 atom stereocenters. The molecule has 1 N–H and O–H groups in total. The van der Waals surface area contributed by atoms with Crippen LogP contribution in [-0.4, -0.2) is 31.2 Å². The van der Waals surface area contributed by atoms with E-state index in [-0.39, 0.29) is 0 Å².